The number of nitrogens with zero attached hydrogens (tertiary/aromatic N) is 2. The predicted molar refractivity (Wildman–Crippen MR) is 91.5 cm³/mol. The Labute approximate surface area is 140 Å². The highest BCUT2D eigenvalue weighted by Gasteiger charge is 2.34. The van der Waals surface area contributed by atoms with Crippen LogP contribution in [0.1, 0.15) is 38.0 Å². The van der Waals surface area contributed by atoms with Gasteiger partial charge in [-0.3, -0.25) is 19.3 Å². The summed E-state index contributed by atoms with van der Waals surface area (Å²) in [5, 5.41) is 0. The molecule has 0 aromatic heterocycles. The Morgan fingerprint density at radius 2 is 1.54 bits per heavy atom. The van der Waals surface area contributed by atoms with Crippen molar-refractivity contribution >= 4 is 23.8 Å². The smallest absolute Gasteiger partial charge is 0.261 e. The summed E-state index contributed by atoms with van der Waals surface area (Å²) in [6, 6.07) is 14.2. The minimum atomic E-state index is -0.233. The van der Waals surface area contributed by atoms with Gasteiger partial charge in [-0.05, 0) is 43.3 Å². The number of hydrogen-bond donors (Lipinski definition) is 0. The Morgan fingerprint density at radius 3 is 2.04 bits per heavy atom. The average Bonchev–Trinajstić information content (AvgIpc) is 2.88. The van der Waals surface area contributed by atoms with Crippen molar-refractivity contribution in [2.24, 2.45) is 0 Å². The summed E-state index contributed by atoms with van der Waals surface area (Å²) in [6.45, 7) is 3.62. The molecule has 0 fully saturated rings. The predicted octanol–water partition coefficient (Wildman–Crippen LogP) is 2.62. The van der Waals surface area contributed by atoms with Gasteiger partial charge in [0.15, 0.2) is 0 Å². The molecule has 2 aromatic carbocycles. The second-order valence-corrected chi connectivity index (χ2v) is 5.60. The molecule has 0 saturated carbocycles. The summed E-state index contributed by atoms with van der Waals surface area (Å²) in [6.07, 6.45) is 0.804. The van der Waals surface area contributed by atoms with Crippen LogP contribution in [0.2, 0.25) is 0 Å². The topological polar surface area (TPSA) is 57.7 Å². The number of benzene rings is 2. The Balaban J connectivity index is 1.71. The van der Waals surface area contributed by atoms with Crippen LogP contribution in [0.4, 0.5) is 5.69 Å². The molecule has 1 aliphatic rings. The van der Waals surface area contributed by atoms with E-state index < -0.39 is 0 Å². The Bertz CT molecular complexity index is 748. The third-order valence-electron chi connectivity index (χ3n) is 4.25. The number of rotatable bonds is 6. The molecule has 0 unspecified atom stereocenters. The summed E-state index contributed by atoms with van der Waals surface area (Å²) in [7, 11) is 0. The molecule has 0 aliphatic carbocycles. The molecule has 5 nitrogen and oxygen atoms in total. The summed E-state index contributed by atoms with van der Waals surface area (Å²) in [5.74, 6) is -0.467. The summed E-state index contributed by atoms with van der Waals surface area (Å²) in [5.41, 5.74) is 2.52. The van der Waals surface area contributed by atoms with Crippen LogP contribution in [0.25, 0.3) is 0 Å². The molecule has 0 radical (unpaired) electrons. The molecule has 1 aliphatic heterocycles. The molecule has 3 rings (SSSR count). The molecule has 24 heavy (non-hydrogen) atoms. The normalized spacial score (nSPS) is 13.1. The van der Waals surface area contributed by atoms with Crippen LogP contribution in [0.3, 0.4) is 0 Å². The van der Waals surface area contributed by atoms with Gasteiger partial charge in [-0.25, -0.2) is 0 Å². The van der Waals surface area contributed by atoms with Crippen molar-refractivity contribution in [3.8, 4) is 0 Å². The van der Waals surface area contributed by atoms with Crippen molar-refractivity contribution in [2.45, 2.75) is 6.92 Å². The summed E-state index contributed by atoms with van der Waals surface area (Å²) in [4.78, 5) is 38.9. The van der Waals surface area contributed by atoms with E-state index in [9.17, 15) is 14.4 Å². The standard InChI is InChI=1S/C19H18N2O3/c1-2-20(15-9-7-14(13-22)8-10-15)11-12-21-18(23)16-5-3-4-6-17(16)19(21)24/h3-10,13H,2,11-12H2,1H3. The molecule has 0 bridgehead atoms. The van der Waals surface area contributed by atoms with Crippen molar-refractivity contribution in [2.75, 3.05) is 24.5 Å². The maximum absolute atomic E-state index is 12.4. The van der Waals surface area contributed by atoms with Gasteiger partial charge in [0, 0.05) is 30.9 Å². The second kappa shape index (κ2) is 6.66. The maximum atomic E-state index is 12.4. The van der Waals surface area contributed by atoms with Crippen molar-refractivity contribution in [3.05, 3.63) is 65.2 Å². The van der Waals surface area contributed by atoms with E-state index in [4.69, 9.17) is 0 Å². The molecule has 0 atom stereocenters. The largest absolute Gasteiger partial charge is 0.370 e. The van der Waals surface area contributed by atoms with Gasteiger partial charge in [-0.15, -0.1) is 0 Å². The number of fused-ring (bicyclic) bond motifs is 1. The molecule has 0 spiro atoms. The van der Waals surface area contributed by atoms with Gasteiger partial charge in [0.25, 0.3) is 11.8 Å². The summed E-state index contributed by atoms with van der Waals surface area (Å²) < 4.78 is 0. The zero-order valence-electron chi connectivity index (χ0n) is 13.4. The summed E-state index contributed by atoms with van der Waals surface area (Å²) >= 11 is 0. The zero-order valence-corrected chi connectivity index (χ0v) is 13.4. The van der Waals surface area contributed by atoms with E-state index in [0.29, 0.717) is 29.8 Å². The van der Waals surface area contributed by atoms with E-state index in [1.54, 1.807) is 36.4 Å². The fourth-order valence-electron chi connectivity index (χ4n) is 2.90. The first-order valence-electron chi connectivity index (χ1n) is 7.91. The number of amides is 2. The lowest BCUT2D eigenvalue weighted by Crippen LogP contribution is -2.38. The number of carbonyl (C=O) groups is 3. The molecular formula is C19H18N2O3. The van der Waals surface area contributed by atoms with Gasteiger partial charge in [-0.2, -0.15) is 0 Å². The Morgan fingerprint density at radius 1 is 0.958 bits per heavy atom. The monoisotopic (exact) mass is 322 g/mol. The van der Waals surface area contributed by atoms with Crippen molar-refractivity contribution in [1.29, 1.82) is 0 Å². The van der Waals surface area contributed by atoms with Crippen molar-refractivity contribution < 1.29 is 14.4 Å². The SMILES string of the molecule is CCN(CCN1C(=O)c2ccccc2C1=O)c1ccc(C=O)cc1. The van der Waals surface area contributed by atoms with Gasteiger partial charge in [-0.1, -0.05) is 12.1 Å². The highest BCUT2D eigenvalue weighted by molar-refractivity contribution is 6.21. The first kappa shape index (κ1) is 15.9. The minimum absolute atomic E-state index is 0.233. The van der Waals surface area contributed by atoms with Crippen LogP contribution in [-0.2, 0) is 0 Å². The van der Waals surface area contributed by atoms with E-state index in [1.807, 2.05) is 19.1 Å². The van der Waals surface area contributed by atoms with E-state index in [-0.39, 0.29) is 11.8 Å². The van der Waals surface area contributed by atoms with Crippen LogP contribution < -0.4 is 4.90 Å². The highest BCUT2D eigenvalue weighted by atomic mass is 16.2. The quantitative estimate of drug-likeness (QED) is 0.606. The van der Waals surface area contributed by atoms with Crippen LogP contribution in [-0.4, -0.2) is 42.6 Å². The first-order valence-corrected chi connectivity index (χ1v) is 7.91. The van der Waals surface area contributed by atoms with Gasteiger partial charge < -0.3 is 4.90 Å². The number of hydrogen-bond acceptors (Lipinski definition) is 4. The molecule has 0 saturated heterocycles. The van der Waals surface area contributed by atoms with Gasteiger partial charge >= 0.3 is 0 Å². The van der Waals surface area contributed by atoms with Crippen molar-refractivity contribution in [3.63, 3.8) is 0 Å². The Hall–Kier alpha value is -2.95. The van der Waals surface area contributed by atoms with E-state index >= 15 is 0 Å². The molecule has 2 amide bonds. The van der Waals surface area contributed by atoms with Crippen LogP contribution >= 0.6 is 0 Å². The minimum Gasteiger partial charge on any atom is -0.370 e. The maximum Gasteiger partial charge on any atom is 0.261 e. The average molecular weight is 322 g/mol. The lowest BCUT2D eigenvalue weighted by molar-refractivity contribution is 0.0658. The molecule has 5 heteroatoms. The number of aldehydes is 1. The Kier molecular flexibility index (Phi) is 4.42. The number of carbonyl (C=O) groups excluding carboxylic acids is 3. The van der Waals surface area contributed by atoms with Crippen molar-refractivity contribution in [1.82, 2.24) is 4.90 Å². The second-order valence-electron chi connectivity index (χ2n) is 5.60. The lowest BCUT2D eigenvalue weighted by Gasteiger charge is -2.25. The zero-order chi connectivity index (χ0) is 17.1. The first-order chi connectivity index (χ1) is 11.7. The fraction of sp³-hybridized carbons (Fsp3) is 0.211. The fourth-order valence-corrected chi connectivity index (χ4v) is 2.90. The third kappa shape index (κ3) is 2.80. The number of imide groups is 1. The highest BCUT2D eigenvalue weighted by Crippen LogP contribution is 2.22. The molecule has 122 valence electrons. The molecular weight excluding hydrogens is 304 g/mol. The van der Waals surface area contributed by atoms with Gasteiger partial charge in [0.05, 0.1) is 11.1 Å². The van der Waals surface area contributed by atoms with Crippen LogP contribution in [0, 0.1) is 0 Å². The number of likely N-dealkylation sites (N-methyl/N-ethyl adjacent to an activating group) is 1. The van der Waals surface area contributed by atoms with Gasteiger partial charge in [0.2, 0.25) is 0 Å². The van der Waals surface area contributed by atoms with E-state index in [2.05, 4.69) is 4.90 Å². The third-order valence-corrected chi connectivity index (χ3v) is 4.25. The lowest BCUT2D eigenvalue weighted by atomic mass is 10.1. The van der Waals surface area contributed by atoms with E-state index in [1.165, 1.54) is 4.90 Å². The van der Waals surface area contributed by atoms with Crippen LogP contribution in [0.5, 0.6) is 0 Å². The van der Waals surface area contributed by atoms with E-state index in [0.717, 1.165) is 18.5 Å². The molecule has 2 aromatic rings. The number of anilines is 1. The molecule has 1 heterocycles. The molecule has 0 N–H and O–H groups in total. The van der Waals surface area contributed by atoms with Crippen LogP contribution in [0.15, 0.2) is 48.5 Å². The van der Waals surface area contributed by atoms with Gasteiger partial charge in [0.1, 0.15) is 6.29 Å².